The Bertz CT molecular complexity index is 514. The number of hydrogen-bond acceptors (Lipinski definition) is 3. The van der Waals surface area contributed by atoms with Crippen molar-refractivity contribution >= 4 is 6.09 Å². The van der Waals surface area contributed by atoms with Crippen LogP contribution in [0.5, 0.6) is 0 Å². The third kappa shape index (κ3) is 4.98. The quantitative estimate of drug-likeness (QED) is 0.928. The number of carbonyl (C=O) groups excluding carboxylic acids is 1. The Morgan fingerprint density at radius 2 is 2.23 bits per heavy atom. The zero-order chi connectivity index (χ0) is 16.2. The number of halogens is 1. The standard InChI is InChI=1S/C17H25FN2O2/c1-17(2,3)22-16(21)20-9-5-8-15(20)12-19-11-13-6-4-7-14(18)10-13/h4,6-7,10,15,19H,5,8-9,11-12H2,1-3H3. The van der Waals surface area contributed by atoms with Gasteiger partial charge in [0.25, 0.3) is 0 Å². The van der Waals surface area contributed by atoms with E-state index in [0.29, 0.717) is 13.1 Å². The number of rotatable bonds is 4. The van der Waals surface area contributed by atoms with Crippen LogP contribution < -0.4 is 5.32 Å². The van der Waals surface area contributed by atoms with Crippen molar-refractivity contribution in [1.82, 2.24) is 10.2 Å². The van der Waals surface area contributed by atoms with Crippen LogP contribution in [0.2, 0.25) is 0 Å². The number of likely N-dealkylation sites (tertiary alicyclic amines) is 1. The molecule has 1 N–H and O–H groups in total. The lowest BCUT2D eigenvalue weighted by Crippen LogP contribution is -2.44. The van der Waals surface area contributed by atoms with Gasteiger partial charge in [0.2, 0.25) is 0 Å². The van der Waals surface area contributed by atoms with Crippen LogP contribution in [0.4, 0.5) is 9.18 Å². The highest BCUT2D eigenvalue weighted by molar-refractivity contribution is 5.69. The van der Waals surface area contributed by atoms with Gasteiger partial charge in [0.05, 0.1) is 0 Å². The predicted molar refractivity (Wildman–Crippen MR) is 84.1 cm³/mol. The minimum atomic E-state index is -0.473. The van der Waals surface area contributed by atoms with E-state index in [-0.39, 0.29) is 18.0 Å². The van der Waals surface area contributed by atoms with Crippen molar-refractivity contribution in [3.63, 3.8) is 0 Å². The molecule has 1 saturated heterocycles. The second-order valence-corrected chi connectivity index (χ2v) is 6.73. The van der Waals surface area contributed by atoms with E-state index in [9.17, 15) is 9.18 Å². The SMILES string of the molecule is CC(C)(C)OC(=O)N1CCCC1CNCc1cccc(F)c1. The predicted octanol–water partition coefficient (Wildman–Crippen LogP) is 3.31. The minimum Gasteiger partial charge on any atom is -0.444 e. The summed E-state index contributed by atoms with van der Waals surface area (Å²) in [7, 11) is 0. The Labute approximate surface area is 131 Å². The molecule has 122 valence electrons. The van der Waals surface area contributed by atoms with Crippen LogP contribution in [0, 0.1) is 5.82 Å². The Hall–Kier alpha value is -1.62. The summed E-state index contributed by atoms with van der Waals surface area (Å²) in [6, 6.07) is 6.69. The molecule has 1 amide bonds. The lowest BCUT2D eigenvalue weighted by molar-refractivity contribution is 0.0226. The fraction of sp³-hybridized carbons (Fsp3) is 0.588. The third-order valence-corrected chi connectivity index (χ3v) is 3.60. The second-order valence-electron chi connectivity index (χ2n) is 6.73. The Kier molecular flexibility index (Phi) is 5.40. The fourth-order valence-electron chi connectivity index (χ4n) is 2.64. The largest absolute Gasteiger partial charge is 0.444 e. The first kappa shape index (κ1) is 16.7. The van der Waals surface area contributed by atoms with Gasteiger partial charge in [-0.05, 0) is 51.3 Å². The van der Waals surface area contributed by atoms with Gasteiger partial charge in [-0.1, -0.05) is 12.1 Å². The van der Waals surface area contributed by atoms with Crippen LogP contribution in [0.15, 0.2) is 24.3 Å². The van der Waals surface area contributed by atoms with Crippen molar-refractivity contribution < 1.29 is 13.9 Å². The molecule has 0 saturated carbocycles. The topological polar surface area (TPSA) is 41.6 Å². The van der Waals surface area contributed by atoms with Crippen LogP contribution in [-0.2, 0) is 11.3 Å². The summed E-state index contributed by atoms with van der Waals surface area (Å²) in [5.74, 6) is -0.226. The maximum absolute atomic E-state index is 13.1. The summed E-state index contributed by atoms with van der Waals surface area (Å²) < 4.78 is 18.6. The number of nitrogens with zero attached hydrogens (tertiary/aromatic N) is 1. The van der Waals surface area contributed by atoms with Crippen LogP contribution in [-0.4, -0.2) is 35.7 Å². The molecule has 1 heterocycles. The van der Waals surface area contributed by atoms with Crippen LogP contribution in [0.3, 0.4) is 0 Å². The van der Waals surface area contributed by atoms with Crippen LogP contribution in [0.1, 0.15) is 39.2 Å². The first-order chi connectivity index (χ1) is 10.3. The van der Waals surface area contributed by atoms with Gasteiger partial charge in [-0.2, -0.15) is 0 Å². The summed E-state index contributed by atoms with van der Waals surface area (Å²) >= 11 is 0. The van der Waals surface area contributed by atoms with Gasteiger partial charge >= 0.3 is 6.09 Å². The summed E-state index contributed by atoms with van der Waals surface area (Å²) in [5.41, 5.74) is 0.431. The van der Waals surface area contributed by atoms with Gasteiger partial charge in [0, 0.05) is 25.7 Å². The summed E-state index contributed by atoms with van der Waals surface area (Å²) in [4.78, 5) is 14.0. The highest BCUT2D eigenvalue weighted by atomic mass is 19.1. The number of nitrogens with one attached hydrogen (secondary N) is 1. The summed E-state index contributed by atoms with van der Waals surface area (Å²) in [6.45, 7) is 7.64. The van der Waals surface area contributed by atoms with Crippen molar-refractivity contribution in [2.24, 2.45) is 0 Å². The van der Waals surface area contributed by atoms with Gasteiger partial charge in [-0.25, -0.2) is 9.18 Å². The van der Waals surface area contributed by atoms with Crippen LogP contribution in [0.25, 0.3) is 0 Å². The molecule has 22 heavy (non-hydrogen) atoms. The molecule has 1 unspecified atom stereocenters. The molecule has 1 aliphatic heterocycles. The third-order valence-electron chi connectivity index (χ3n) is 3.60. The van der Waals surface area contributed by atoms with Crippen molar-refractivity contribution in [2.75, 3.05) is 13.1 Å². The van der Waals surface area contributed by atoms with E-state index < -0.39 is 5.60 Å². The molecular weight excluding hydrogens is 283 g/mol. The molecule has 4 nitrogen and oxygen atoms in total. The van der Waals surface area contributed by atoms with E-state index in [1.54, 1.807) is 11.0 Å². The fourth-order valence-corrected chi connectivity index (χ4v) is 2.64. The Morgan fingerprint density at radius 1 is 1.45 bits per heavy atom. The molecule has 5 heteroatoms. The maximum Gasteiger partial charge on any atom is 0.410 e. The van der Waals surface area contributed by atoms with E-state index in [4.69, 9.17) is 4.74 Å². The maximum atomic E-state index is 13.1. The monoisotopic (exact) mass is 308 g/mol. The zero-order valence-corrected chi connectivity index (χ0v) is 13.6. The van der Waals surface area contributed by atoms with Gasteiger partial charge in [0.15, 0.2) is 0 Å². The number of hydrogen-bond donors (Lipinski definition) is 1. The number of carbonyl (C=O) groups is 1. The van der Waals surface area contributed by atoms with Gasteiger partial charge in [-0.15, -0.1) is 0 Å². The molecule has 1 aliphatic rings. The average Bonchev–Trinajstić information content (AvgIpc) is 2.85. The molecule has 0 bridgehead atoms. The van der Waals surface area contributed by atoms with E-state index in [1.165, 1.54) is 12.1 Å². The van der Waals surface area contributed by atoms with E-state index >= 15 is 0 Å². The molecule has 1 aromatic carbocycles. The molecule has 1 atom stereocenters. The average molecular weight is 308 g/mol. The van der Waals surface area contributed by atoms with Crippen molar-refractivity contribution in [1.29, 1.82) is 0 Å². The second kappa shape index (κ2) is 7.09. The number of ether oxygens (including phenoxy) is 1. The molecular formula is C17H25FN2O2. The highest BCUT2D eigenvalue weighted by Crippen LogP contribution is 2.20. The van der Waals surface area contributed by atoms with Crippen LogP contribution >= 0.6 is 0 Å². The number of benzene rings is 1. The van der Waals surface area contributed by atoms with Crippen molar-refractivity contribution in [3.05, 3.63) is 35.6 Å². The molecule has 0 aliphatic carbocycles. The summed E-state index contributed by atoms with van der Waals surface area (Å²) in [5, 5.41) is 3.30. The minimum absolute atomic E-state index is 0.142. The lowest BCUT2D eigenvalue weighted by atomic mass is 10.2. The lowest BCUT2D eigenvalue weighted by Gasteiger charge is -2.28. The highest BCUT2D eigenvalue weighted by Gasteiger charge is 2.31. The molecule has 1 aromatic rings. The van der Waals surface area contributed by atoms with Gasteiger partial charge < -0.3 is 15.0 Å². The van der Waals surface area contributed by atoms with E-state index in [0.717, 1.165) is 24.9 Å². The molecule has 2 rings (SSSR count). The van der Waals surface area contributed by atoms with E-state index in [1.807, 2.05) is 26.8 Å². The molecule has 0 aromatic heterocycles. The van der Waals surface area contributed by atoms with Crippen molar-refractivity contribution in [3.8, 4) is 0 Å². The van der Waals surface area contributed by atoms with Gasteiger partial charge in [0.1, 0.15) is 11.4 Å². The zero-order valence-electron chi connectivity index (χ0n) is 13.6. The molecule has 0 radical (unpaired) electrons. The Morgan fingerprint density at radius 3 is 2.91 bits per heavy atom. The van der Waals surface area contributed by atoms with Gasteiger partial charge in [-0.3, -0.25) is 0 Å². The summed E-state index contributed by atoms with van der Waals surface area (Å²) in [6.07, 6.45) is 1.71. The van der Waals surface area contributed by atoms with E-state index in [2.05, 4.69) is 5.32 Å². The smallest absolute Gasteiger partial charge is 0.410 e. The van der Waals surface area contributed by atoms with Crippen molar-refractivity contribution in [2.45, 2.75) is 51.8 Å². The first-order valence-electron chi connectivity index (χ1n) is 7.80. The Balaban J connectivity index is 1.82. The molecule has 0 spiro atoms. The normalized spacial score (nSPS) is 18.5. The first-order valence-corrected chi connectivity index (χ1v) is 7.80. The molecule has 1 fully saturated rings. The number of amides is 1.